The van der Waals surface area contributed by atoms with Crippen LogP contribution in [0.4, 0.5) is 4.39 Å². The van der Waals surface area contributed by atoms with E-state index in [9.17, 15) is 4.39 Å². The zero-order chi connectivity index (χ0) is 19.8. The van der Waals surface area contributed by atoms with Crippen molar-refractivity contribution in [1.82, 2.24) is 0 Å². The van der Waals surface area contributed by atoms with Crippen LogP contribution in [0.1, 0.15) is 133 Å². The average Bonchev–Trinajstić information content (AvgIpc) is 2.74. The van der Waals surface area contributed by atoms with Crippen molar-refractivity contribution in [3.05, 3.63) is 35.4 Å². The van der Waals surface area contributed by atoms with E-state index in [2.05, 4.69) is 38.1 Å². The Kier molecular flexibility index (Phi) is 8.42. The molecule has 2 saturated carbocycles. The summed E-state index contributed by atoms with van der Waals surface area (Å²) in [6, 6.07) is 9.52. The van der Waals surface area contributed by atoms with Crippen LogP contribution in [0.2, 0.25) is 0 Å². The Hall–Kier alpha value is -0.850. The van der Waals surface area contributed by atoms with Crippen molar-refractivity contribution in [3.8, 4) is 0 Å². The van der Waals surface area contributed by atoms with E-state index in [-0.39, 0.29) is 0 Å². The first kappa shape index (κ1) is 21.8. The molecule has 0 bridgehead atoms. The Morgan fingerprint density at radius 2 is 1.29 bits per heavy atom. The topological polar surface area (TPSA) is 0 Å². The minimum absolute atomic E-state index is 0.578. The molecule has 2 aliphatic rings. The molecule has 0 atom stereocenters. The molecule has 0 aliphatic heterocycles. The SMILES string of the molecule is CCCCCC1CCC(c2ccc(C3CCC(F)(CCCC)CC3)cc2)CC1. The van der Waals surface area contributed by atoms with Crippen molar-refractivity contribution in [3.63, 3.8) is 0 Å². The molecule has 1 aromatic carbocycles. The van der Waals surface area contributed by atoms with Gasteiger partial charge in [-0.1, -0.05) is 76.6 Å². The summed E-state index contributed by atoms with van der Waals surface area (Å²) in [5.41, 5.74) is 2.13. The van der Waals surface area contributed by atoms with Crippen LogP contribution in [0.25, 0.3) is 0 Å². The van der Waals surface area contributed by atoms with E-state index in [0.29, 0.717) is 5.92 Å². The smallest absolute Gasteiger partial charge is 0.111 e. The highest BCUT2D eigenvalue weighted by Crippen LogP contribution is 2.43. The molecule has 2 fully saturated rings. The van der Waals surface area contributed by atoms with Crippen LogP contribution in [0.5, 0.6) is 0 Å². The number of hydrogen-bond donors (Lipinski definition) is 0. The van der Waals surface area contributed by atoms with Crippen molar-refractivity contribution in [2.45, 2.75) is 128 Å². The van der Waals surface area contributed by atoms with Gasteiger partial charge in [0.25, 0.3) is 0 Å². The normalized spacial score (nSPS) is 31.0. The van der Waals surface area contributed by atoms with Gasteiger partial charge in [0.15, 0.2) is 0 Å². The third-order valence-electron chi connectivity index (χ3n) is 7.80. The average molecular weight is 387 g/mol. The van der Waals surface area contributed by atoms with Crippen molar-refractivity contribution >= 4 is 0 Å². The van der Waals surface area contributed by atoms with Crippen LogP contribution in [-0.4, -0.2) is 5.67 Å². The van der Waals surface area contributed by atoms with Gasteiger partial charge in [-0.05, 0) is 86.7 Å². The lowest BCUT2D eigenvalue weighted by atomic mass is 9.74. The van der Waals surface area contributed by atoms with Crippen LogP contribution in [-0.2, 0) is 0 Å². The summed E-state index contributed by atoms with van der Waals surface area (Å²) in [4.78, 5) is 0. The fourth-order valence-electron chi connectivity index (χ4n) is 5.72. The third-order valence-corrected chi connectivity index (χ3v) is 7.80. The maximum absolute atomic E-state index is 14.9. The van der Waals surface area contributed by atoms with Gasteiger partial charge in [0.1, 0.15) is 5.67 Å². The molecule has 0 spiro atoms. The van der Waals surface area contributed by atoms with Crippen LogP contribution < -0.4 is 0 Å². The van der Waals surface area contributed by atoms with Gasteiger partial charge < -0.3 is 0 Å². The summed E-state index contributed by atoms with van der Waals surface area (Å²) in [6.07, 6.45) is 17.7. The van der Waals surface area contributed by atoms with Gasteiger partial charge >= 0.3 is 0 Å². The monoisotopic (exact) mass is 386 g/mol. The van der Waals surface area contributed by atoms with Gasteiger partial charge in [0.05, 0.1) is 0 Å². The first-order valence-electron chi connectivity index (χ1n) is 12.4. The lowest BCUT2D eigenvalue weighted by Crippen LogP contribution is -2.28. The highest BCUT2D eigenvalue weighted by atomic mass is 19.1. The van der Waals surface area contributed by atoms with Crippen LogP contribution >= 0.6 is 0 Å². The molecule has 0 saturated heterocycles. The van der Waals surface area contributed by atoms with Gasteiger partial charge in [-0.15, -0.1) is 0 Å². The molecule has 1 aromatic rings. The van der Waals surface area contributed by atoms with Gasteiger partial charge in [-0.3, -0.25) is 0 Å². The summed E-state index contributed by atoms with van der Waals surface area (Å²) in [7, 11) is 0. The van der Waals surface area contributed by atoms with Gasteiger partial charge in [-0.25, -0.2) is 4.39 Å². The number of rotatable bonds is 9. The number of hydrogen-bond acceptors (Lipinski definition) is 0. The standard InChI is InChI=1S/C27H43F/c1-3-5-7-8-22-9-11-23(12-10-22)24-13-15-25(16-14-24)26-17-20-27(28,21-18-26)19-6-4-2/h13-16,22-23,26H,3-12,17-21H2,1-2H3. The molecule has 28 heavy (non-hydrogen) atoms. The Bertz CT molecular complexity index is 544. The van der Waals surface area contributed by atoms with E-state index in [1.54, 1.807) is 5.56 Å². The van der Waals surface area contributed by atoms with Crippen LogP contribution in [0, 0.1) is 5.92 Å². The minimum Gasteiger partial charge on any atom is -0.244 e. The molecular weight excluding hydrogens is 343 g/mol. The van der Waals surface area contributed by atoms with Gasteiger partial charge in [0, 0.05) is 0 Å². The Morgan fingerprint density at radius 1 is 0.750 bits per heavy atom. The lowest BCUT2D eigenvalue weighted by Gasteiger charge is -2.34. The molecule has 0 N–H and O–H groups in total. The quantitative estimate of drug-likeness (QED) is 0.371. The van der Waals surface area contributed by atoms with Gasteiger partial charge in [0.2, 0.25) is 0 Å². The lowest BCUT2D eigenvalue weighted by molar-refractivity contribution is 0.0856. The fraction of sp³-hybridized carbons (Fsp3) is 0.778. The maximum atomic E-state index is 14.9. The summed E-state index contributed by atoms with van der Waals surface area (Å²) in [5.74, 6) is 2.34. The second kappa shape index (κ2) is 10.8. The number of unbranched alkanes of at least 4 members (excludes halogenated alkanes) is 3. The molecule has 3 rings (SSSR count). The molecular formula is C27H43F. The number of alkyl halides is 1. The summed E-state index contributed by atoms with van der Waals surface area (Å²) in [5, 5.41) is 0. The molecule has 0 aromatic heterocycles. The molecule has 0 nitrogen and oxygen atoms in total. The van der Waals surface area contributed by atoms with E-state index in [0.717, 1.165) is 56.8 Å². The second-order valence-corrected chi connectivity index (χ2v) is 9.91. The van der Waals surface area contributed by atoms with Crippen molar-refractivity contribution in [1.29, 1.82) is 0 Å². The van der Waals surface area contributed by atoms with Gasteiger partial charge in [-0.2, -0.15) is 0 Å². The molecule has 2 aliphatic carbocycles. The molecule has 0 unspecified atom stereocenters. The first-order valence-corrected chi connectivity index (χ1v) is 12.4. The van der Waals surface area contributed by atoms with E-state index < -0.39 is 5.67 Å². The molecule has 0 heterocycles. The predicted octanol–water partition coefficient (Wildman–Crippen LogP) is 9.10. The Morgan fingerprint density at radius 3 is 1.82 bits per heavy atom. The highest BCUT2D eigenvalue weighted by Gasteiger charge is 2.35. The Labute approximate surface area is 173 Å². The molecule has 1 heteroatoms. The Balaban J connectivity index is 1.46. The second-order valence-electron chi connectivity index (χ2n) is 9.91. The number of halogens is 1. The first-order chi connectivity index (χ1) is 13.6. The highest BCUT2D eigenvalue weighted by molar-refractivity contribution is 5.28. The fourth-order valence-corrected chi connectivity index (χ4v) is 5.72. The van der Waals surface area contributed by atoms with E-state index >= 15 is 0 Å². The van der Waals surface area contributed by atoms with Crippen molar-refractivity contribution in [2.24, 2.45) is 5.92 Å². The van der Waals surface area contributed by atoms with Crippen molar-refractivity contribution in [2.75, 3.05) is 0 Å². The van der Waals surface area contributed by atoms with Crippen LogP contribution in [0.15, 0.2) is 24.3 Å². The summed E-state index contributed by atoms with van der Waals surface area (Å²) >= 11 is 0. The third kappa shape index (κ3) is 6.07. The zero-order valence-corrected chi connectivity index (χ0v) is 18.5. The van der Waals surface area contributed by atoms with Crippen molar-refractivity contribution < 1.29 is 4.39 Å². The predicted molar refractivity (Wildman–Crippen MR) is 120 cm³/mol. The van der Waals surface area contributed by atoms with E-state index in [1.807, 2.05) is 0 Å². The molecule has 0 radical (unpaired) electrons. The van der Waals surface area contributed by atoms with Crippen LogP contribution in [0.3, 0.4) is 0 Å². The maximum Gasteiger partial charge on any atom is 0.111 e. The number of benzene rings is 1. The minimum atomic E-state index is -0.873. The summed E-state index contributed by atoms with van der Waals surface area (Å²) in [6.45, 7) is 4.46. The molecule has 0 amide bonds. The summed E-state index contributed by atoms with van der Waals surface area (Å²) < 4.78 is 14.9. The largest absolute Gasteiger partial charge is 0.244 e. The van der Waals surface area contributed by atoms with E-state index in [4.69, 9.17) is 0 Å². The molecule has 158 valence electrons. The van der Waals surface area contributed by atoms with E-state index in [1.165, 1.54) is 56.9 Å². The zero-order valence-electron chi connectivity index (χ0n) is 18.5.